The number of benzene rings is 1. The molecule has 112 valence electrons. The van der Waals surface area contributed by atoms with Gasteiger partial charge in [0.1, 0.15) is 11.6 Å². The molecule has 0 aliphatic rings. The van der Waals surface area contributed by atoms with Gasteiger partial charge < -0.3 is 9.47 Å². The fourth-order valence-electron chi connectivity index (χ4n) is 2.06. The molecule has 0 N–H and O–H groups in total. The first-order chi connectivity index (χ1) is 10.6. The lowest BCUT2D eigenvalue weighted by Gasteiger charge is -2.10. The van der Waals surface area contributed by atoms with Gasteiger partial charge in [0.2, 0.25) is 5.78 Å². The van der Waals surface area contributed by atoms with E-state index in [2.05, 4.69) is 0 Å². The van der Waals surface area contributed by atoms with Gasteiger partial charge in [0, 0.05) is 5.56 Å². The molecule has 1 aromatic carbocycles. The van der Waals surface area contributed by atoms with Crippen molar-refractivity contribution in [3.63, 3.8) is 0 Å². The van der Waals surface area contributed by atoms with Crippen LogP contribution >= 0.6 is 11.3 Å². The van der Waals surface area contributed by atoms with E-state index in [-0.39, 0.29) is 11.4 Å². The first-order valence-corrected chi connectivity index (χ1v) is 7.42. The highest BCUT2D eigenvalue weighted by Gasteiger charge is 2.17. The Bertz CT molecular complexity index is 768. The molecule has 22 heavy (non-hydrogen) atoms. The number of nitriles is 1. The summed E-state index contributed by atoms with van der Waals surface area (Å²) in [5.74, 6) is 0.765. The molecule has 0 saturated heterocycles. The van der Waals surface area contributed by atoms with Gasteiger partial charge in [0.25, 0.3) is 0 Å². The Hall–Kier alpha value is -2.58. The standard InChI is InChI=1S/C17H15NO3S/c1-11-7-8-22-17(11)15(19)13(10-18)9-12-5-4-6-14(20-2)16(12)21-3/h4-9H,1-3H3/b13-9-. The molecule has 0 aliphatic carbocycles. The average molecular weight is 313 g/mol. The highest BCUT2D eigenvalue weighted by Crippen LogP contribution is 2.32. The van der Waals surface area contributed by atoms with Crippen LogP contribution in [-0.2, 0) is 0 Å². The molecule has 0 spiro atoms. The third-order valence-electron chi connectivity index (χ3n) is 3.17. The minimum absolute atomic E-state index is 0.0668. The van der Waals surface area contributed by atoms with Crippen LogP contribution in [0.15, 0.2) is 35.2 Å². The Morgan fingerprint density at radius 2 is 2.05 bits per heavy atom. The molecule has 0 saturated carbocycles. The number of hydrogen-bond acceptors (Lipinski definition) is 5. The topological polar surface area (TPSA) is 59.3 Å². The third kappa shape index (κ3) is 3.02. The maximum absolute atomic E-state index is 12.5. The van der Waals surface area contributed by atoms with Gasteiger partial charge in [-0.15, -0.1) is 11.3 Å². The molecule has 1 heterocycles. The number of allylic oxidation sites excluding steroid dienone is 1. The number of carbonyl (C=O) groups excluding carboxylic acids is 1. The van der Waals surface area contributed by atoms with Crippen molar-refractivity contribution in [3.05, 3.63) is 51.2 Å². The maximum atomic E-state index is 12.5. The van der Waals surface area contributed by atoms with E-state index >= 15 is 0 Å². The second-order valence-corrected chi connectivity index (χ2v) is 5.43. The first-order valence-electron chi connectivity index (χ1n) is 6.54. The van der Waals surface area contributed by atoms with Crippen molar-refractivity contribution in [1.29, 1.82) is 5.26 Å². The molecule has 0 fully saturated rings. The van der Waals surface area contributed by atoms with Gasteiger partial charge in [-0.2, -0.15) is 5.26 Å². The van der Waals surface area contributed by atoms with Gasteiger partial charge in [-0.25, -0.2) is 0 Å². The van der Waals surface area contributed by atoms with Gasteiger partial charge >= 0.3 is 0 Å². The number of methoxy groups -OCH3 is 2. The number of ketones is 1. The third-order valence-corrected chi connectivity index (χ3v) is 4.18. The van der Waals surface area contributed by atoms with Crippen LogP contribution in [0, 0.1) is 18.3 Å². The van der Waals surface area contributed by atoms with Crippen LogP contribution in [0.5, 0.6) is 11.5 Å². The quantitative estimate of drug-likeness (QED) is 0.478. The molecule has 1 aromatic heterocycles. The predicted octanol–water partition coefficient (Wildman–Crippen LogP) is 3.86. The van der Waals surface area contributed by atoms with Gasteiger partial charge in [0.05, 0.1) is 19.1 Å². The fraction of sp³-hybridized carbons (Fsp3) is 0.176. The molecule has 2 rings (SSSR count). The Labute approximate surface area is 133 Å². The highest BCUT2D eigenvalue weighted by atomic mass is 32.1. The number of hydrogen-bond donors (Lipinski definition) is 0. The number of nitrogens with zero attached hydrogens (tertiary/aromatic N) is 1. The zero-order valence-corrected chi connectivity index (χ0v) is 13.4. The van der Waals surface area contributed by atoms with E-state index < -0.39 is 0 Å². The van der Waals surface area contributed by atoms with Crippen molar-refractivity contribution in [3.8, 4) is 17.6 Å². The molecule has 0 atom stereocenters. The van der Waals surface area contributed by atoms with E-state index in [1.165, 1.54) is 31.6 Å². The van der Waals surface area contributed by atoms with E-state index in [9.17, 15) is 10.1 Å². The summed E-state index contributed by atoms with van der Waals surface area (Å²) in [6.45, 7) is 1.85. The van der Waals surface area contributed by atoms with Crippen LogP contribution in [-0.4, -0.2) is 20.0 Å². The second-order valence-electron chi connectivity index (χ2n) is 4.51. The monoisotopic (exact) mass is 313 g/mol. The highest BCUT2D eigenvalue weighted by molar-refractivity contribution is 7.12. The molecular formula is C17H15NO3S. The van der Waals surface area contributed by atoms with Crippen LogP contribution in [0.2, 0.25) is 0 Å². The van der Waals surface area contributed by atoms with Gasteiger partial charge in [-0.1, -0.05) is 12.1 Å². The SMILES string of the molecule is COc1cccc(/C=C(/C#N)C(=O)c2sccc2C)c1OC. The lowest BCUT2D eigenvalue weighted by Crippen LogP contribution is -2.01. The number of aryl methyl sites for hydroxylation is 1. The molecule has 0 unspecified atom stereocenters. The zero-order valence-electron chi connectivity index (χ0n) is 12.5. The fourth-order valence-corrected chi connectivity index (χ4v) is 2.94. The van der Waals surface area contributed by atoms with Crippen molar-refractivity contribution in [1.82, 2.24) is 0 Å². The van der Waals surface area contributed by atoms with E-state index in [4.69, 9.17) is 9.47 Å². The predicted molar refractivity (Wildman–Crippen MR) is 86.5 cm³/mol. The van der Waals surface area contributed by atoms with Crippen molar-refractivity contribution in [2.24, 2.45) is 0 Å². The van der Waals surface area contributed by atoms with Crippen LogP contribution < -0.4 is 9.47 Å². The Morgan fingerprint density at radius 1 is 1.27 bits per heavy atom. The molecule has 0 bridgehead atoms. The lowest BCUT2D eigenvalue weighted by atomic mass is 10.0. The second kappa shape index (κ2) is 6.92. The molecule has 2 aromatic rings. The van der Waals surface area contributed by atoms with Gasteiger partial charge in [0.15, 0.2) is 11.5 Å². The van der Waals surface area contributed by atoms with Crippen LogP contribution in [0.1, 0.15) is 20.8 Å². The number of thiophene rings is 1. The van der Waals surface area contributed by atoms with Gasteiger partial charge in [-0.05, 0) is 36.1 Å². The van der Waals surface area contributed by atoms with E-state index in [0.29, 0.717) is 21.9 Å². The zero-order chi connectivity index (χ0) is 16.1. The minimum Gasteiger partial charge on any atom is -0.493 e. The molecule has 0 amide bonds. The summed E-state index contributed by atoms with van der Waals surface area (Å²) >= 11 is 1.33. The smallest absolute Gasteiger partial charge is 0.213 e. The Kier molecular flexibility index (Phi) is 4.97. The number of Topliss-reactive ketones (excluding diaryl/α,β-unsaturated/α-hetero) is 1. The molecule has 5 heteroatoms. The minimum atomic E-state index is -0.278. The number of carbonyl (C=O) groups is 1. The maximum Gasteiger partial charge on any atom is 0.213 e. The van der Waals surface area contributed by atoms with E-state index in [0.717, 1.165) is 5.56 Å². The van der Waals surface area contributed by atoms with Crippen LogP contribution in [0.25, 0.3) is 6.08 Å². The van der Waals surface area contributed by atoms with Crippen molar-refractivity contribution in [2.45, 2.75) is 6.92 Å². The summed E-state index contributed by atoms with van der Waals surface area (Å²) in [6.07, 6.45) is 1.53. The Balaban J connectivity index is 2.49. The van der Waals surface area contributed by atoms with Crippen LogP contribution in [0.3, 0.4) is 0 Å². The van der Waals surface area contributed by atoms with Crippen LogP contribution in [0.4, 0.5) is 0 Å². The van der Waals surface area contributed by atoms with E-state index in [1.807, 2.05) is 24.4 Å². The molecular weight excluding hydrogens is 298 g/mol. The summed E-state index contributed by atoms with van der Waals surface area (Å²) in [7, 11) is 3.06. The van der Waals surface area contributed by atoms with Crippen molar-refractivity contribution >= 4 is 23.2 Å². The average Bonchev–Trinajstić information content (AvgIpc) is 2.97. The summed E-state index contributed by atoms with van der Waals surface area (Å²) in [6, 6.07) is 9.15. The lowest BCUT2D eigenvalue weighted by molar-refractivity contribution is 0.104. The van der Waals surface area contributed by atoms with E-state index in [1.54, 1.807) is 18.2 Å². The molecule has 4 nitrogen and oxygen atoms in total. The molecule has 0 aliphatic heterocycles. The number of para-hydroxylation sites is 1. The van der Waals surface area contributed by atoms with Gasteiger partial charge in [-0.3, -0.25) is 4.79 Å². The first kappa shape index (κ1) is 15.8. The summed E-state index contributed by atoms with van der Waals surface area (Å²) in [5, 5.41) is 11.2. The van der Waals surface area contributed by atoms with Crippen molar-refractivity contribution < 1.29 is 14.3 Å². The number of ether oxygens (including phenoxy) is 2. The largest absolute Gasteiger partial charge is 0.493 e. The summed E-state index contributed by atoms with van der Waals surface area (Å²) in [4.78, 5) is 13.0. The Morgan fingerprint density at radius 3 is 2.59 bits per heavy atom. The number of rotatable bonds is 5. The van der Waals surface area contributed by atoms with Crippen molar-refractivity contribution in [2.75, 3.05) is 14.2 Å². The summed E-state index contributed by atoms with van der Waals surface area (Å²) < 4.78 is 10.5. The normalized spacial score (nSPS) is 10.9. The molecule has 0 radical (unpaired) electrons. The summed E-state index contributed by atoms with van der Waals surface area (Å²) in [5.41, 5.74) is 1.56.